The predicted octanol–water partition coefficient (Wildman–Crippen LogP) is 15.4. The first kappa shape index (κ1) is 31.1. The van der Waals surface area contributed by atoms with E-state index in [1.165, 1.54) is 84.8 Å². The molecule has 0 aliphatic heterocycles. The summed E-state index contributed by atoms with van der Waals surface area (Å²) in [7, 11) is 0. The summed E-state index contributed by atoms with van der Waals surface area (Å²) in [6.45, 7) is 0. The summed E-state index contributed by atoms with van der Waals surface area (Å²) in [6.07, 6.45) is 0. The van der Waals surface area contributed by atoms with E-state index in [0.29, 0.717) is 0 Å². The Morgan fingerprint density at radius 1 is 0.298 bits per heavy atom. The molecule has 10 aromatic carbocycles. The average Bonchev–Trinajstić information content (AvgIpc) is 3.66. The molecule has 0 N–H and O–H groups in total. The van der Waals surface area contributed by atoms with E-state index >= 15 is 0 Å². The Kier molecular flexibility index (Phi) is 6.35. The Hall–Kier alpha value is -7.20. The zero-order valence-electron chi connectivity index (χ0n) is 30.6. The molecule has 3 aromatic heterocycles. The molecule has 0 aliphatic rings. The van der Waals surface area contributed by atoms with Crippen LogP contribution < -0.4 is 0 Å². The van der Waals surface area contributed by atoms with Crippen molar-refractivity contribution in [1.82, 2.24) is 9.97 Å². The average molecular weight is 739 g/mol. The smallest absolute Gasteiger partial charge is 0.0788 e. The van der Waals surface area contributed by atoms with Gasteiger partial charge in [0.25, 0.3) is 0 Å². The summed E-state index contributed by atoms with van der Waals surface area (Å²) in [6, 6.07) is 66.4. The Morgan fingerprint density at radius 3 is 1.84 bits per heavy atom. The number of para-hydroxylation sites is 1. The van der Waals surface area contributed by atoms with Crippen LogP contribution >= 0.6 is 11.3 Å². The van der Waals surface area contributed by atoms with E-state index in [1.54, 1.807) is 0 Å². The molecule has 57 heavy (non-hydrogen) atoms. The minimum atomic E-state index is 0.993. The molecule has 0 aliphatic carbocycles. The first-order valence-electron chi connectivity index (χ1n) is 19.5. The van der Waals surface area contributed by atoms with Gasteiger partial charge in [-0.25, -0.2) is 9.97 Å². The fraction of sp³-hybridized carbons (Fsp3) is 0. The van der Waals surface area contributed by atoms with E-state index in [-0.39, 0.29) is 0 Å². The number of hydrogen-bond acceptors (Lipinski definition) is 3. The third-order valence-corrected chi connectivity index (χ3v) is 13.3. The molecule has 0 radical (unpaired) electrons. The Morgan fingerprint density at radius 2 is 0.930 bits per heavy atom. The van der Waals surface area contributed by atoms with Crippen molar-refractivity contribution in [1.29, 1.82) is 0 Å². The van der Waals surface area contributed by atoms with Crippen LogP contribution in [0.5, 0.6) is 0 Å². The summed E-state index contributed by atoms with van der Waals surface area (Å²) in [5, 5.41) is 17.6. The zero-order valence-corrected chi connectivity index (χ0v) is 31.4. The minimum absolute atomic E-state index is 0.993. The van der Waals surface area contributed by atoms with Crippen LogP contribution in [0.3, 0.4) is 0 Å². The van der Waals surface area contributed by atoms with Crippen LogP contribution in [-0.4, -0.2) is 9.97 Å². The Balaban J connectivity index is 1.05. The van der Waals surface area contributed by atoms with Gasteiger partial charge in [0.1, 0.15) is 0 Å². The molecule has 0 amide bonds. The third-order valence-electron chi connectivity index (χ3n) is 12.1. The van der Waals surface area contributed by atoms with Crippen molar-refractivity contribution in [2.45, 2.75) is 0 Å². The summed E-state index contributed by atoms with van der Waals surface area (Å²) in [5.41, 5.74) is 8.50. The normalized spacial score (nSPS) is 12.2. The van der Waals surface area contributed by atoms with E-state index in [4.69, 9.17) is 9.97 Å². The summed E-state index contributed by atoms with van der Waals surface area (Å²) in [4.78, 5) is 10.8. The number of pyridine rings is 2. The van der Waals surface area contributed by atoms with Crippen molar-refractivity contribution in [2.75, 3.05) is 0 Å². The van der Waals surface area contributed by atoms with Gasteiger partial charge in [-0.15, -0.1) is 11.3 Å². The van der Waals surface area contributed by atoms with Crippen molar-refractivity contribution in [2.24, 2.45) is 0 Å². The molecule has 13 aromatic rings. The van der Waals surface area contributed by atoms with E-state index in [1.807, 2.05) is 11.3 Å². The number of benzene rings is 10. The summed E-state index contributed by atoms with van der Waals surface area (Å²) >= 11 is 1.88. The third kappa shape index (κ3) is 4.46. The quantitative estimate of drug-likeness (QED) is 0.133. The Labute approximate surface area is 331 Å². The standard InChI is InChI=1S/C54H30N2S/c1-2-10-33(11-3-1)52-43-27-26-39-38-16-5-7-19-47(38)57-54(39)51(43)41-24-23-35(30-46(41)56-52)34-14-9-15-37(28-34)53-44-29-36-21-20-31-12-8-13-32-22-25-42(49(36)48(31)32)50(44)40-17-4-6-18-45(40)55-53/h1-30H. The van der Waals surface area contributed by atoms with Crippen molar-refractivity contribution in [3.63, 3.8) is 0 Å². The molecule has 0 unspecified atom stereocenters. The van der Waals surface area contributed by atoms with Gasteiger partial charge in [0.05, 0.1) is 22.4 Å². The van der Waals surface area contributed by atoms with Gasteiger partial charge < -0.3 is 0 Å². The van der Waals surface area contributed by atoms with Crippen LogP contribution in [0.1, 0.15) is 0 Å². The zero-order chi connectivity index (χ0) is 37.2. The van der Waals surface area contributed by atoms with Crippen LogP contribution in [0, 0.1) is 0 Å². The number of rotatable bonds is 3. The van der Waals surface area contributed by atoms with Crippen LogP contribution in [-0.2, 0) is 0 Å². The van der Waals surface area contributed by atoms with Crippen LogP contribution in [0.4, 0.5) is 0 Å². The lowest BCUT2D eigenvalue weighted by Crippen LogP contribution is -1.93. The first-order valence-corrected chi connectivity index (χ1v) is 20.3. The molecule has 0 bridgehead atoms. The lowest BCUT2D eigenvalue weighted by atomic mass is 9.88. The maximum absolute atomic E-state index is 5.44. The highest BCUT2D eigenvalue weighted by molar-refractivity contribution is 7.26. The lowest BCUT2D eigenvalue weighted by molar-refractivity contribution is 1.42. The molecule has 0 saturated heterocycles. The van der Waals surface area contributed by atoms with Gasteiger partial charge in [0.2, 0.25) is 0 Å². The largest absolute Gasteiger partial charge is 0.247 e. The molecule has 0 atom stereocenters. The van der Waals surface area contributed by atoms with Crippen molar-refractivity contribution in [3.8, 4) is 33.6 Å². The van der Waals surface area contributed by atoms with Gasteiger partial charge in [-0.3, -0.25) is 0 Å². The van der Waals surface area contributed by atoms with E-state index in [2.05, 4.69) is 182 Å². The molecule has 0 saturated carbocycles. The number of nitrogens with zero attached hydrogens (tertiary/aromatic N) is 2. The highest BCUT2D eigenvalue weighted by atomic mass is 32.1. The maximum atomic E-state index is 5.44. The maximum Gasteiger partial charge on any atom is 0.0788 e. The number of thiophene rings is 1. The summed E-state index contributed by atoms with van der Waals surface area (Å²) < 4.78 is 2.62. The van der Waals surface area contributed by atoms with E-state index in [0.717, 1.165) is 44.7 Å². The molecule has 3 heteroatoms. The first-order chi connectivity index (χ1) is 28.2. The van der Waals surface area contributed by atoms with Gasteiger partial charge >= 0.3 is 0 Å². The van der Waals surface area contributed by atoms with Crippen LogP contribution in [0.15, 0.2) is 182 Å². The second-order valence-electron chi connectivity index (χ2n) is 15.2. The highest BCUT2D eigenvalue weighted by Gasteiger charge is 2.19. The van der Waals surface area contributed by atoms with Gasteiger partial charge in [-0.2, -0.15) is 0 Å². The molecular weight excluding hydrogens is 709 g/mol. The molecule has 0 fully saturated rings. The summed E-state index contributed by atoms with van der Waals surface area (Å²) in [5.74, 6) is 0. The van der Waals surface area contributed by atoms with Crippen molar-refractivity contribution < 1.29 is 0 Å². The lowest BCUT2D eigenvalue weighted by Gasteiger charge is -2.17. The Bertz CT molecular complexity index is 3790. The van der Waals surface area contributed by atoms with Gasteiger partial charge in [-0.1, -0.05) is 152 Å². The predicted molar refractivity (Wildman–Crippen MR) is 245 cm³/mol. The number of fused-ring (bicyclic) bond motifs is 11. The second-order valence-corrected chi connectivity index (χ2v) is 16.3. The van der Waals surface area contributed by atoms with Gasteiger partial charge in [0, 0.05) is 63.6 Å². The van der Waals surface area contributed by atoms with Gasteiger partial charge in [0.15, 0.2) is 0 Å². The monoisotopic (exact) mass is 738 g/mol. The van der Waals surface area contributed by atoms with Crippen LogP contribution in [0.2, 0.25) is 0 Å². The number of aromatic nitrogens is 2. The number of hydrogen-bond donors (Lipinski definition) is 0. The van der Waals surface area contributed by atoms with Crippen molar-refractivity contribution in [3.05, 3.63) is 182 Å². The molecule has 2 nitrogen and oxygen atoms in total. The van der Waals surface area contributed by atoms with Crippen LogP contribution in [0.25, 0.3) is 129 Å². The fourth-order valence-electron chi connectivity index (χ4n) is 9.58. The molecule has 3 heterocycles. The SMILES string of the molecule is c1ccc(-c2nc3cc(-c4cccc(-c5nc6ccccc6c6c5cc5ccc7cccc8ccc6c5c78)c4)ccc3c3c2ccc2c4ccccc4sc23)cc1. The highest BCUT2D eigenvalue weighted by Crippen LogP contribution is 2.46. The van der Waals surface area contributed by atoms with Gasteiger partial charge in [-0.05, 0) is 73.8 Å². The molecular formula is C54H30N2S. The molecule has 0 spiro atoms. The van der Waals surface area contributed by atoms with E-state index < -0.39 is 0 Å². The topological polar surface area (TPSA) is 25.8 Å². The molecule has 262 valence electrons. The molecule has 13 rings (SSSR count). The van der Waals surface area contributed by atoms with Crippen molar-refractivity contribution >= 4 is 107 Å². The fourth-order valence-corrected chi connectivity index (χ4v) is 10.8. The second kappa shape index (κ2) is 11.7. The minimum Gasteiger partial charge on any atom is -0.247 e. The van der Waals surface area contributed by atoms with E-state index in [9.17, 15) is 0 Å².